The van der Waals surface area contributed by atoms with Gasteiger partial charge in [-0.2, -0.15) is 0 Å². The van der Waals surface area contributed by atoms with Crippen molar-refractivity contribution < 1.29 is 5.11 Å². The molecular formula is C10H14N2O. The zero-order valence-electron chi connectivity index (χ0n) is 7.48. The van der Waals surface area contributed by atoms with Crippen LogP contribution in [-0.4, -0.2) is 29.3 Å². The number of aliphatic hydroxyl groups excluding tert-OH is 1. The first-order chi connectivity index (χ1) is 6.36. The fraction of sp³-hybridized carbons (Fsp3) is 0.500. The van der Waals surface area contributed by atoms with Crippen LogP contribution in [0.2, 0.25) is 0 Å². The highest BCUT2D eigenvalue weighted by Gasteiger charge is 2.24. The Morgan fingerprint density at radius 1 is 1.38 bits per heavy atom. The third-order valence-corrected chi connectivity index (χ3v) is 2.55. The maximum atomic E-state index is 9.57. The number of pyridine rings is 1. The fourth-order valence-corrected chi connectivity index (χ4v) is 1.75. The number of hydrogen-bond donors (Lipinski definition) is 2. The molecule has 3 nitrogen and oxygen atoms in total. The van der Waals surface area contributed by atoms with Gasteiger partial charge in [0.25, 0.3) is 0 Å². The average molecular weight is 178 g/mol. The molecule has 2 N–H and O–H groups in total. The van der Waals surface area contributed by atoms with Gasteiger partial charge in [0.15, 0.2) is 0 Å². The highest BCUT2D eigenvalue weighted by atomic mass is 16.3. The number of hydrogen-bond acceptors (Lipinski definition) is 3. The van der Waals surface area contributed by atoms with E-state index in [1.807, 2.05) is 12.1 Å². The Balaban J connectivity index is 1.98. The second-order valence-corrected chi connectivity index (χ2v) is 3.55. The molecule has 13 heavy (non-hydrogen) atoms. The van der Waals surface area contributed by atoms with Crippen LogP contribution in [0, 0.1) is 5.92 Å². The molecule has 0 amide bonds. The molecule has 0 aromatic carbocycles. The Kier molecular flexibility index (Phi) is 2.57. The third-order valence-electron chi connectivity index (χ3n) is 2.55. The summed E-state index contributed by atoms with van der Waals surface area (Å²) in [5.74, 6) is 0.363. The van der Waals surface area contributed by atoms with Gasteiger partial charge in [-0.15, -0.1) is 0 Å². The Labute approximate surface area is 77.8 Å². The number of rotatable bonds is 2. The number of β-amino-alcohol motifs (C(OH)–C–C–N with tert-alkyl or cyclic N) is 1. The zero-order chi connectivity index (χ0) is 9.10. The van der Waals surface area contributed by atoms with E-state index in [9.17, 15) is 5.11 Å². The molecule has 2 rings (SSSR count). The van der Waals surface area contributed by atoms with Crippen LogP contribution in [0.1, 0.15) is 5.56 Å². The van der Waals surface area contributed by atoms with Crippen molar-refractivity contribution in [3.63, 3.8) is 0 Å². The van der Waals surface area contributed by atoms with E-state index in [4.69, 9.17) is 0 Å². The summed E-state index contributed by atoms with van der Waals surface area (Å²) in [7, 11) is 0. The Morgan fingerprint density at radius 3 is 2.77 bits per heavy atom. The molecule has 0 saturated carbocycles. The Bertz CT molecular complexity index is 263. The first-order valence-electron chi connectivity index (χ1n) is 4.64. The highest BCUT2D eigenvalue weighted by molar-refractivity contribution is 5.11. The average Bonchev–Trinajstić information content (AvgIpc) is 2.54. The number of aliphatic hydroxyl groups is 1. The molecule has 1 aromatic heterocycles. The lowest BCUT2D eigenvalue weighted by Crippen LogP contribution is -2.19. The monoisotopic (exact) mass is 178 g/mol. The minimum atomic E-state index is -0.187. The smallest absolute Gasteiger partial charge is 0.0708 e. The van der Waals surface area contributed by atoms with Crippen LogP contribution in [0.5, 0.6) is 0 Å². The molecule has 70 valence electrons. The lowest BCUT2D eigenvalue weighted by atomic mass is 9.97. The second kappa shape index (κ2) is 3.85. The van der Waals surface area contributed by atoms with Gasteiger partial charge in [-0.1, -0.05) is 0 Å². The van der Waals surface area contributed by atoms with Crippen LogP contribution in [0.3, 0.4) is 0 Å². The van der Waals surface area contributed by atoms with Crippen LogP contribution in [0.25, 0.3) is 0 Å². The van der Waals surface area contributed by atoms with E-state index < -0.39 is 0 Å². The van der Waals surface area contributed by atoms with Crippen LogP contribution in [0.4, 0.5) is 0 Å². The van der Waals surface area contributed by atoms with Crippen LogP contribution < -0.4 is 5.32 Å². The Hall–Kier alpha value is -0.930. The molecule has 0 bridgehead atoms. The third kappa shape index (κ3) is 2.05. The van der Waals surface area contributed by atoms with Crippen LogP contribution >= 0.6 is 0 Å². The van der Waals surface area contributed by atoms with Gasteiger partial charge in [-0.3, -0.25) is 4.98 Å². The largest absolute Gasteiger partial charge is 0.391 e. The summed E-state index contributed by atoms with van der Waals surface area (Å²) in [6, 6.07) is 4.01. The maximum absolute atomic E-state index is 9.57. The zero-order valence-corrected chi connectivity index (χ0v) is 7.48. The molecule has 2 heterocycles. The predicted molar refractivity (Wildman–Crippen MR) is 50.3 cm³/mol. The van der Waals surface area contributed by atoms with E-state index in [0.29, 0.717) is 5.92 Å². The molecule has 0 aliphatic carbocycles. The van der Waals surface area contributed by atoms with Gasteiger partial charge in [-0.25, -0.2) is 0 Å². The number of nitrogens with one attached hydrogen (secondary N) is 1. The van der Waals surface area contributed by atoms with Gasteiger partial charge in [0.2, 0.25) is 0 Å². The van der Waals surface area contributed by atoms with Crippen molar-refractivity contribution >= 4 is 0 Å². The van der Waals surface area contributed by atoms with Gasteiger partial charge in [0, 0.05) is 31.4 Å². The lowest BCUT2D eigenvalue weighted by molar-refractivity contribution is 0.147. The summed E-state index contributed by atoms with van der Waals surface area (Å²) in [6.07, 6.45) is 4.35. The van der Waals surface area contributed by atoms with E-state index in [1.165, 1.54) is 5.56 Å². The molecule has 1 saturated heterocycles. The summed E-state index contributed by atoms with van der Waals surface area (Å²) in [5.41, 5.74) is 1.25. The van der Waals surface area contributed by atoms with Crippen LogP contribution in [0.15, 0.2) is 24.5 Å². The van der Waals surface area contributed by atoms with E-state index in [2.05, 4.69) is 10.3 Å². The number of aromatic nitrogens is 1. The molecule has 1 aromatic rings. The SMILES string of the molecule is O[C@@H]1CNC[C@H]1Cc1ccncc1. The molecule has 1 aliphatic rings. The standard InChI is InChI=1S/C10H14N2O/c13-10-7-12-6-9(10)5-8-1-3-11-4-2-8/h1-4,9-10,12-13H,5-7H2/t9-,10-/m1/s1. The van der Waals surface area contributed by atoms with Crippen molar-refractivity contribution in [2.24, 2.45) is 5.92 Å². The number of nitrogens with zero attached hydrogens (tertiary/aromatic N) is 1. The molecule has 0 radical (unpaired) electrons. The quantitative estimate of drug-likeness (QED) is 0.680. The second-order valence-electron chi connectivity index (χ2n) is 3.55. The minimum Gasteiger partial charge on any atom is -0.391 e. The molecular weight excluding hydrogens is 164 g/mol. The van der Waals surface area contributed by atoms with Gasteiger partial charge in [0.1, 0.15) is 0 Å². The van der Waals surface area contributed by atoms with Crippen molar-refractivity contribution in [3.8, 4) is 0 Å². The van der Waals surface area contributed by atoms with E-state index in [0.717, 1.165) is 19.5 Å². The van der Waals surface area contributed by atoms with Crippen molar-refractivity contribution in [2.75, 3.05) is 13.1 Å². The van der Waals surface area contributed by atoms with Gasteiger partial charge in [0.05, 0.1) is 6.10 Å². The lowest BCUT2D eigenvalue weighted by Gasteiger charge is -2.12. The summed E-state index contributed by atoms with van der Waals surface area (Å²) in [4.78, 5) is 3.96. The predicted octanol–water partition coefficient (Wildman–Crippen LogP) is 0.204. The van der Waals surface area contributed by atoms with Crippen molar-refractivity contribution in [3.05, 3.63) is 30.1 Å². The van der Waals surface area contributed by atoms with E-state index in [-0.39, 0.29) is 6.10 Å². The summed E-state index contributed by atoms with van der Waals surface area (Å²) < 4.78 is 0. The van der Waals surface area contributed by atoms with Gasteiger partial charge in [-0.05, 0) is 24.1 Å². The molecule has 1 aliphatic heterocycles. The van der Waals surface area contributed by atoms with E-state index >= 15 is 0 Å². The summed E-state index contributed by atoms with van der Waals surface area (Å²) >= 11 is 0. The molecule has 1 fully saturated rings. The fourth-order valence-electron chi connectivity index (χ4n) is 1.75. The summed E-state index contributed by atoms with van der Waals surface area (Å²) in [6.45, 7) is 1.65. The van der Waals surface area contributed by atoms with Crippen molar-refractivity contribution in [1.29, 1.82) is 0 Å². The first-order valence-corrected chi connectivity index (χ1v) is 4.64. The molecule has 0 unspecified atom stereocenters. The molecule has 3 heteroatoms. The van der Waals surface area contributed by atoms with Crippen molar-refractivity contribution in [1.82, 2.24) is 10.3 Å². The van der Waals surface area contributed by atoms with Gasteiger partial charge >= 0.3 is 0 Å². The van der Waals surface area contributed by atoms with Gasteiger partial charge < -0.3 is 10.4 Å². The molecule has 0 spiro atoms. The molecule has 2 atom stereocenters. The van der Waals surface area contributed by atoms with E-state index in [1.54, 1.807) is 12.4 Å². The normalized spacial score (nSPS) is 27.8. The Morgan fingerprint density at radius 2 is 2.15 bits per heavy atom. The maximum Gasteiger partial charge on any atom is 0.0708 e. The van der Waals surface area contributed by atoms with Crippen molar-refractivity contribution in [2.45, 2.75) is 12.5 Å². The highest BCUT2D eigenvalue weighted by Crippen LogP contribution is 2.14. The topological polar surface area (TPSA) is 45.1 Å². The van der Waals surface area contributed by atoms with Crippen LogP contribution in [-0.2, 0) is 6.42 Å². The first kappa shape index (κ1) is 8.66. The minimum absolute atomic E-state index is 0.187. The summed E-state index contributed by atoms with van der Waals surface area (Å²) in [5, 5.41) is 12.7.